The van der Waals surface area contributed by atoms with E-state index < -0.39 is 0 Å². The molecule has 0 unspecified atom stereocenters. The van der Waals surface area contributed by atoms with Gasteiger partial charge in [0, 0.05) is 52.0 Å². The van der Waals surface area contributed by atoms with Crippen LogP contribution in [0.25, 0.3) is 0 Å². The summed E-state index contributed by atoms with van der Waals surface area (Å²) in [5, 5.41) is 6.91. The Balaban J connectivity index is 1.62. The third kappa shape index (κ3) is 5.92. The van der Waals surface area contributed by atoms with Gasteiger partial charge in [-0.2, -0.15) is 5.10 Å². The van der Waals surface area contributed by atoms with Crippen molar-refractivity contribution >= 4 is 11.9 Å². The molecule has 0 aliphatic carbocycles. The van der Waals surface area contributed by atoms with Gasteiger partial charge in [-0.3, -0.25) is 9.48 Å². The van der Waals surface area contributed by atoms with Crippen LogP contribution >= 0.6 is 0 Å². The minimum Gasteiger partial charge on any atom is -0.343 e. The quantitative estimate of drug-likeness (QED) is 0.859. The van der Waals surface area contributed by atoms with E-state index >= 15 is 0 Å². The predicted octanol–water partition coefficient (Wildman–Crippen LogP) is 1.32. The van der Waals surface area contributed by atoms with Gasteiger partial charge < -0.3 is 15.1 Å². The highest BCUT2D eigenvalue weighted by atomic mass is 16.2. The maximum absolute atomic E-state index is 12.1. The van der Waals surface area contributed by atoms with Crippen LogP contribution in [0.4, 0.5) is 4.79 Å². The molecule has 1 aromatic heterocycles. The van der Waals surface area contributed by atoms with Crippen LogP contribution in [0, 0.1) is 0 Å². The fourth-order valence-electron chi connectivity index (χ4n) is 2.68. The molecule has 1 aliphatic rings. The topological polar surface area (TPSA) is 70.5 Å². The van der Waals surface area contributed by atoms with Gasteiger partial charge in [0.15, 0.2) is 0 Å². The Morgan fingerprint density at radius 3 is 2.61 bits per heavy atom. The number of amides is 3. The summed E-state index contributed by atoms with van der Waals surface area (Å²) in [5.74, 6) is 0.145. The van der Waals surface area contributed by atoms with Crippen LogP contribution in [0.3, 0.4) is 0 Å². The molecule has 23 heavy (non-hydrogen) atoms. The molecule has 1 fully saturated rings. The Morgan fingerprint density at radius 1 is 1.22 bits per heavy atom. The number of urea groups is 1. The lowest BCUT2D eigenvalue weighted by Gasteiger charge is -2.21. The first-order chi connectivity index (χ1) is 11.2. The average molecular weight is 321 g/mol. The van der Waals surface area contributed by atoms with Crippen LogP contribution in [0.1, 0.15) is 32.1 Å². The van der Waals surface area contributed by atoms with E-state index in [4.69, 9.17) is 0 Å². The van der Waals surface area contributed by atoms with E-state index in [1.165, 1.54) is 12.8 Å². The minimum atomic E-state index is -0.152. The maximum atomic E-state index is 12.1. The highest BCUT2D eigenvalue weighted by molar-refractivity contribution is 5.78. The molecule has 0 radical (unpaired) electrons. The van der Waals surface area contributed by atoms with Crippen LogP contribution in [-0.4, -0.2) is 64.7 Å². The van der Waals surface area contributed by atoms with Crippen LogP contribution in [0.5, 0.6) is 0 Å². The molecule has 1 aliphatic heterocycles. The van der Waals surface area contributed by atoms with Crippen LogP contribution in [-0.2, 0) is 11.3 Å². The monoisotopic (exact) mass is 321 g/mol. The number of nitrogens with zero attached hydrogens (tertiary/aromatic N) is 4. The number of carbonyl (C=O) groups excluding carboxylic acids is 2. The zero-order valence-electron chi connectivity index (χ0n) is 13.9. The van der Waals surface area contributed by atoms with E-state index in [1.54, 1.807) is 22.8 Å². The summed E-state index contributed by atoms with van der Waals surface area (Å²) in [5.41, 5.74) is 0. The molecular formula is C16H27N5O2. The number of likely N-dealkylation sites (tertiary alicyclic amines) is 1. The van der Waals surface area contributed by atoms with E-state index in [-0.39, 0.29) is 11.9 Å². The van der Waals surface area contributed by atoms with Gasteiger partial charge in [0.1, 0.15) is 0 Å². The minimum absolute atomic E-state index is 0.145. The maximum Gasteiger partial charge on any atom is 0.317 e. The van der Waals surface area contributed by atoms with Crippen molar-refractivity contribution in [1.82, 2.24) is 24.9 Å². The molecule has 1 saturated heterocycles. The summed E-state index contributed by atoms with van der Waals surface area (Å²) >= 11 is 0. The second-order valence-corrected chi connectivity index (χ2v) is 5.97. The predicted molar refractivity (Wildman–Crippen MR) is 87.9 cm³/mol. The Bertz CT molecular complexity index is 481. The fourth-order valence-corrected chi connectivity index (χ4v) is 2.68. The third-order valence-electron chi connectivity index (χ3n) is 4.14. The van der Waals surface area contributed by atoms with Gasteiger partial charge in [-0.15, -0.1) is 0 Å². The van der Waals surface area contributed by atoms with Crippen molar-refractivity contribution in [1.29, 1.82) is 0 Å². The van der Waals surface area contributed by atoms with E-state index in [0.717, 1.165) is 25.9 Å². The molecule has 7 nitrogen and oxygen atoms in total. The molecule has 3 amide bonds. The molecule has 0 saturated carbocycles. The summed E-state index contributed by atoms with van der Waals surface area (Å²) < 4.78 is 1.78. The van der Waals surface area contributed by atoms with Crippen molar-refractivity contribution in [3.05, 3.63) is 18.5 Å². The summed E-state index contributed by atoms with van der Waals surface area (Å²) in [7, 11) is 1.75. The summed E-state index contributed by atoms with van der Waals surface area (Å²) in [6.07, 6.45) is 8.56. The van der Waals surface area contributed by atoms with Gasteiger partial charge in [0.2, 0.25) is 5.91 Å². The van der Waals surface area contributed by atoms with Crippen molar-refractivity contribution in [2.24, 2.45) is 0 Å². The van der Waals surface area contributed by atoms with Crippen molar-refractivity contribution in [2.75, 3.05) is 33.2 Å². The van der Waals surface area contributed by atoms with Gasteiger partial charge in [-0.1, -0.05) is 12.8 Å². The van der Waals surface area contributed by atoms with Crippen molar-refractivity contribution in [3.63, 3.8) is 0 Å². The van der Waals surface area contributed by atoms with Gasteiger partial charge >= 0.3 is 6.03 Å². The Kier molecular flexibility index (Phi) is 6.90. The smallest absolute Gasteiger partial charge is 0.317 e. The van der Waals surface area contributed by atoms with Crippen molar-refractivity contribution in [3.8, 4) is 0 Å². The zero-order valence-corrected chi connectivity index (χ0v) is 13.9. The second kappa shape index (κ2) is 9.17. The lowest BCUT2D eigenvalue weighted by Crippen LogP contribution is -2.41. The van der Waals surface area contributed by atoms with Gasteiger partial charge in [0.05, 0.1) is 6.54 Å². The molecule has 1 aromatic rings. The molecule has 0 atom stereocenters. The SMILES string of the molecule is CN(CCn1cccn1)C(=O)NCCC(=O)N1CCCCCC1. The number of likely N-dealkylation sites (N-methyl/N-ethyl adjacent to an activating group) is 1. The highest BCUT2D eigenvalue weighted by Crippen LogP contribution is 2.10. The summed E-state index contributed by atoms with van der Waals surface area (Å²) in [6.45, 7) is 3.34. The normalized spacial score (nSPS) is 15.1. The van der Waals surface area contributed by atoms with E-state index in [9.17, 15) is 9.59 Å². The van der Waals surface area contributed by atoms with E-state index in [0.29, 0.717) is 26.1 Å². The first-order valence-electron chi connectivity index (χ1n) is 8.41. The lowest BCUT2D eigenvalue weighted by molar-refractivity contribution is -0.131. The molecule has 128 valence electrons. The lowest BCUT2D eigenvalue weighted by atomic mass is 10.2. The molecule has 7 heteroatoms. The van der Waals surface area contributed by atoms with Gasteiger partial charge in [-0.25, -0.2) is 4.79 Å². The Labute approximate surface area is 137 Å². The number of carbonyl (C=O) groups is 2. The Morgan fingerprint density at radius 2 is 1.96 bits per heavy atom. The Hall–Kier alpha value is -2.05. The average Bonchev–Trinajstić information content (AvgIpc) is 2.92. The van der Waals surface area contributed by atoms with E-state index in [2.05, 4.69) is 10.4 Å². The number of hydrogen-bond donors (Lipinski definition) is 1. The van der Waals surface area contributed by atoms with Gasteiger partial charge in [-0.05, 0) is 18.9 Å². The first kappa shape index (κ1) is 17.3. The second-order valence-electron chi connectivity index (χ2n) is 5.97. The number of rotatable bonds is 6. The molecule has 1 N–H and O–H groups in total. The first-order valence-corrected chi connectivity index (χ1v) is 8.41. The van der Waals surface area contributed by atoms with Crippen molar-refractivity contribution in [2.45, 2.75) is 38.6 Å². The fraction of sp³-hybridized carbons (Fsp3) is 0.688. The standard InChI is InChI=1S/C16H27N5O2/c1-19(13-14-21-12-6-8-18-21)16(23)17-9-7-15(22)20-10-4-2-3-5-11-20/h6,8,12H,2-5,7,9-11,13-14H2,1H3,(H,17,23). The number of hydrogen-bond acceptors (Lipinski definition) is 3. The molecule has 0 bridgehead atoms. The van der Waals surface area contributed by atoms with Crippen LogP contribution in [0.2, 0.25) is 0 Å². The summed E-state index contributed by atoms with van der Waals surface area (Å²) in [6, 6.07) is 1.70. The van der Waals surface area contributed by atoms with Crippen LogP contribution in [0.15, 0.2) is 18.5 Å². The largest absolute Gasteiger partial charge is 0.343 e. The molecular weight excluding hydrogens is 294 g/mol. The summed E-state index contributed by atoms with van der Waals surface area (Å²) in [4.78, 5) is 27.6. The third-order valence-corrected chi connectivity index (χ3v) is 4.14. The molecule has 2 rings (SSSR count). The van der Waals surface area contributed by atoms with Crippen LogP contribution < -0.4 is 5.32 Å². The van der Waals surface area contributed by atoms with Gasteiger partial charge in [0.25, 0.3) is 0 Å². The number of aromatic nitrogens is 2. The van der Waals surface area contributed by atoms with Crippen molar-refractivity contribution < 1.29 is 9.59 Å². The molecule has 2 heterocycles. The number of nitrogens with one attached hydrogen (secondary N) is 1. The highest BCUT2D eigenvalue weighted by Gasteiger charge is 2.15. The molecule has 0 aromatic carbocycles. The molecule has 0 spiro atoms. The zero-order chi connectivity index (χ0) is 16.5. The van der Waals surface area contributed by atoms with E-state index in [1.807, 2.05) is 17.2 Å².